The first-order chi connectivity index (χ1) is 14.3. The van der Waals surface area contributed by atoms with Crippen molar-refractivity contribution >= 4 is 10.9 Å². The van der Waals surface area contributed by atoms with Crippen molar-refractivity contribution in [3.63, 3.8) is 0 Å². The molecule has 1 saturated heterocycles. The summed E-state index contributed by atoms with van der Waals surface area (Å²) < 4.78 is 7.48. The number of H-pyrrole nitrogens is 1. The highest BCUT2D eigenvalue weighted by atomic mass is 16.5. The van der Waals surface area contributed by atoms with Gasteiger partial charge >= 0.3 is 0 Å². The van der Waals surface area contributed by atoms with Crippen LogP contribution in [0.4, 0.5) is 0 Å². The van der Waals surface area contributed by atoms with Crippen molar-refractivity contribution in [2.45, 2.75) is 52.6 Å². The second-order valence-electron chi connectivity index (χ2n) is 8.90. The maximum absolute atomic E-state index is 13.3. The Kier molecular flexibility index (Phi) is 5.46. The number of ether oxygens (including phenoxy) is 1. The summed E-state index contributed by atoms with van der Waals surface area (Å²) in [6.45, 7) is 13.4. The molecule has 1 fully saturated rings. The molecule has 0 aliphatic carbocycles. The highest BCUT2D eigenvalue weighted by Crippen LogP contribution is 2.25. The number of aryl methyl sites for hydroxylation is 2. The maximum atomic E-state index is 13.3. The Morgan fingerprint density at radius 2 is 1.90 bits per heavy atom. The van der Waals surface area contributed by atoms with E-state index in [1.807, 2.05) is 16.8 Å². The number of benzene rings is 1. The van der Waals surface area contributed by atoms with Crippen LogP contribution in [0.25, 0.3) is 10.9 Å². The molecule has 3 heterocycles. The van der Waals surface area contributed by atoms with Crippen LogP contribution in [0.1, 0.15) is 55.7 Å². The van der Waals surface area contributed by atoms with Crippen LogP contribution in [-0.2, 0) is 10.3 Å². The summed E-state index contributed by atoms with van der Waals surface area (Å²) in [6.07, 6.45) is 0.878. The molecule has 1 aliphatic rings. The number of pyridine rings is 1. The summed E-state index contributed by atoms with van der Waals surface area (Å²) in [5.74, 6) is 0.729. The molecule has 1 aromatic carbocycles. The summed E-state index contributed by atoms with van der Waals surface area (Å²) in [7, 11) is 0. The lowest BCUT2D eigenvalue weighted by Gasteiger charge is -2.32. The van der Waals surface area contributed by atoms with Gasteiger partial charge in [-0.05, 0) is 79.3 Å². The van der Waals surface area contributed by atoms with Crippen molar-refractivity contribution in [2.24, 2.45) is 0 Å². The lowest BCUT2D eigenvalue weighted by atomic mass is 9.98. The number of hydrogen-bond donors (Lipinski definition) is 2. The summed E-state index contributed by atoms with van der Waals surface area (Å²) in [4.78, 5) is 17.6. The average Bonchev–Trinajstić information content (AvgIpc) is 3.21. The van der Waals surface area contributed by atoms with Crippen molar-refractivity contribution in [1.82, 2.24) is 25.2 Å². The third-order valence-corrected chi connectivity index (χ3v) is 6.53. The Bertz CT molecular complexity index is 1110. The molecule has 3 aromatic rings. The summed E-state index contributed by atoms with van der Waals surface area (Å²) in [5, 5.41) is 13.8. The number of hydrogen-bond acceptors (Lipinski definition) is 5. The van der Waals surface area contributed by atoms with Gasteiger partial charge in [0.15, 0.2) is 6.04 Å². The second-order valence-corrected chi connectivity index (χ2v) is 8.90. The van der Waals surface area contributed by atoms with Crippen molar-refractivity contribution in [1.29, 1.82) is 0 Å². The molecule has 0 spiro atoms. The number of nitrogens with one attached hydrogen (secondary N) is 2. The number of aromatic amines is 1. The molecule has 8 nitrogen and oxygen atoms in total. The molecule has 8 heteroatoms. The molecule has 0 bridgehead atoms. The van der Waals surface area contributed by atoms with E-state index in [-0.39, 0.29) is 17.1 Å². The third kappa shape index (κ3) is 3.65. The number of aromatic nitrogens is 5. The van der Waals surface area contributed by atoms with Gasteiger partial charge in [-0.25, -0.2) is 4.68 Å². The van der Waals surface area contributed by atoms with Gasteiger partial charge in [-0.2, -0.15) is 0 Å². The smallest absolute Gasteiger partial charge is 0.258 e. The maximum Gasteiger partial charge on any atom is 0.258 e. The molecule has 160 valence electrons. The monoisotopic (exact) mass is 411 g/mol. The van der Waals surface area contributed by atoms with E-state index in [1.54, 1.807) is 0 Å². The average molecular weight is 412 g/mol. The first-order valence-electron chi connectivity index (χ1n) is 10.7. The number of morpholine rings is 1. The minimum atomic E-state index is -0.260. The molecular weight excluding hydrogens is 380 g/mol. The fourth-order valence-electron chi connectivity index (χ4n) is 4.13. The Labute approximate surface area is 176 Å². The Balaban J connectivity index is 1.92. The third-order valence-electron chi connectivity index (χ3n) is 6.53. The standard InChI is InChI=1S/C22H30N6O2/c1-6-22(4,5)28-20(24-25-26-28)19(27-7-9-30-10-8-27)17-13-16-11-14(2)15(3)12-18(16)23-21(17)29/h11-13,19H,6-10H2,1-5H3,(H,23,29)/p+1/t19-/m0/s1. The molecule has 30 heavy (non-hydrogen) atoms. The quantitative estimate of drug-likeness (QED) is 0.660. The van der Waals surface area contributed by atoms with Crippen molar-refractivity contribution in [3.8, 4) is 0 Å². The van der Waals surface area contributed by atoms with E-state index in [0.717, 1.165) is 41.8 Å². The number of nitrogens with zero attached hydrogens (tertiary/aromatic N) is 4. The van der Waals surface area contributed by atoms with Gasteiger partial charge in [0, 0.05) is 5.52 Å². The first-order valence-corrected chi connectivity index (χ1v) is 10.7. The van der Waals surface area contributed by atoms with Crippen LogP contribution in [0.3, 0.4) is 0 Å². The van der Waals surface area contributed by atoms with Gasteiger partial charge in [0.1, 0.15) is 13.1 Å². The molecule has 0 unspecified atom stereocenters. The largest absolute Gasteiger partial charge is 0.370 e. The van der Waals surface area contributed by atoms with Crippen molar-refractivity contribution in [2.75, 3.05) is 26.3 Å². The fourth-order valence-corrected chi connectivity index (χ4v) is 4.13. The zero-order chi connectivity index (χ0) is 21.5. The zero-order valence-electron chi connectivity index (χ0n) is 18.5. The molecule has 2 aromatic heterocycles. The van der Waals surface area contributed by atoms with Gasteiger partial charge in [-0.15, -0.1) is 5.10 Å². The lowest BCUT2D eigenvalue weighted by Crippen LogP contribution is -3.14. The number of fused-ring (bicyclic) bond motifs is 1. The SMILES string of the molecule is CCC(C)(C)n1nnnc1[C@H](c1cc2cc(C)c(C)cc2[nH]c1=O)[NH+]1CCOCC1. The van der Waals surface area contributed by atoms with Crippen LogP contribution in [0, 0.1) is 13.8 Å². The predicted molar refractivity (Wildman–Crippen MR) is 115 cm³/mol. The van der Waals surface area contributed by atoms with Gasteiger partial charge in [-0.3, -0.25) is 4.79 Å². The van der Waals surface area contributed by atoms with E-state index in [0.29, 0.717) is 18.8 Å². The summed E-state index contributed by atoms with van der Waals surface area (Å²) >= 11 is 0. The van der Waals surface area contributed by atoms with Gasteiger partial charge in [-0.1, -0.05) is 6.92 Å². The van der Waals surface area contributed by atoms with Gasteiger partial charge in [0.2, 0.25) is 5.82 Å². The molecule has 1 aliphatic heterocycles. The fraction of sp³-hybridized carbons (Fsp3) is 0.545. The highest BCUT2D eigenvalue weighted by Gasteiger charge is 2.37. The van der Waals surface area contributed by atoms with Gasteiger partial charge in [0.25, 0.3) is 5.56 Å². The van der Waals surface area contributed by atoms with Gasteiger partial charge in [0.05, 0.1) is 24.3 Å². The number of quaternary nitrogens is 1. The summed E-state index contributed by atoms with van der Waals surface area (Å²) in [6, 6.07) is 5.93. The molecule has 1 atom stereocenters. The minimum Gasteiger partial charge on any atom is -0.370 e. The van der Waals surface area contributed by atoms with E-state index < -0.39 is 0 Å². The Morgan fingerprint density at radius 3 is 2.60 bits per heavy atom. The lowest BCUT2D eigenvalue weighted by molar-refractivity contribution is -0.934. The minimum absolute atomic E-state index is 0.0846. The first kappa shape index (κ1) is 20.7. The van der Waals surface area contributed by atoms with E-state index in [1.165, 1.54) is 10.5 Å². The van der Waals surface area contributed by atoms with E-state index in [9.17, 15) is 4.79 Å². The highest BCUT2D eigenvalue weighted by molar-refractivity contribution is 5.80. The van der Waals surface area contributed by atoms with E-state index >= 15 is 0 Å². The molecule has 0 amide bonds. The molecule has 4 rings (SSSR count). The van der Waals surface area contributed by atoms with E-state index in [4.69, 9.17) is 4.74 Å². The molecule has 0 saturated carbocycles. The topological polar surface area (TPSA) is 90.1 Å². The van der Waals surface area contributed by atoms with Crippen LogP contribution >= 0.6 is 0 Å². The normalized spacial score (nSPS) is 16.8. The summed E-state index contributed by atoms with van der Waals surface area (Å²) in [5.41, 5.74) is 3.59. The Morgan fingerprint density at radius 1 is 1.20 bits per heavy atom. The molecule has 2 N–H and O–H groups in total. The van der Waals surface area contributed by atoms with Crippen molar-refractivity contribution in [3.05, 3.63) is 51.1 Å². The Hall–Kier alpha value is -2.58. The second kappa shape index (κ2) is 7.92. The van der Waals surface area contributed by atoms with Crippen LogP contribution < -0.4 is 10.5 Å². The van der Waals surface area contributed by atoms with Crippen LogP contribution in [0.2, 0.25) is 0 Å². The predicted octanol–water partition coefficient (Wildman–Crippen LogP) is 1.28. The molecular formula is C22H31N6O2+. The van der Waals surface area contributed by atoms with Crippen LogP contribution in [0.15, 0.2) is 23.0 Å². The van der Waals surface area contributed by atoms with Crippen LogP contribution in [0.5, 0.6) is 0 Å². The van der Waals surface area contributed by atoms with E-state index in [2.05, 4.69) is 61.2 Å². The molecule has 0 radical (unpaired) electrons. The van der Waals surface area contributed by atoms with Crippen LogP contribution in [-0.4, -0.2) is 51.5 Å². The number of rotatable bonds is 5. The van der Waals surface area contributed by atoms with Gasteiger partial charge < -0.3 is 14.6 Å². The number of tetrazole rings is 1. The van der Waals surface area contributed by atoms with Crippen molar-refractivity contribution < 1.29 is 9.64 Å². The zero-order valence-corrected chi connectivity index (χ0v) is 18.5.